The summed E-state index contributed by atoms with van der Waals surface area (Å²) in [7, 11) is 0. The van der Waals surface area contributed by atoms with E-state index in [0.29, 0.717) is 18.3 Å². The molecular formula is C21H23N3O2S. The number of rotatable bonds is 8. The Morgan fingerprint density at radius 1 is 1.22 bits per heavy atom. The van der Waals surface area contributed by atoms with E-state index in [9.17, 15) is 4.79 Å². The summed E-state index contributed by atoms with van der Waals surface area (Å²) in [5, 5.41) is 3.84. The van der Waals surface area contributed by atoms with Crippen LogP contribution < -0.4 is 10.1 Å². The summed E-state index contributed by atoms with van der Waals surface area (Å²) in [5.41, 5.74) is 2.96. The lowest BCUT2D eigenvalue weighted by atomic mass is 10.2. The van der Waals surface area contributed by atoms with Crippen LogP contribution in [0.25, 0.3) is 16.7 Å². The van der Waals surface area contributed by atoms with E-state index in [-0.39, 0.29) is 5.91 Å². The Labute approximate surface area is 163 Å². The van der Waals surface area contributed by atoms with Gasteiger partial charge >= 0.3 is 0 Å². The lowest BCUT2D eigenvalue weighted by molar-refractivity contribution is -0.118. The van der Waals surface area contributed by atoms with Crippen molar-refractivity contribution in [3.63, 3.8) is 0 Å². The molecule has 2 aromatic carbocycles. The van der Waals surface area contributed by atoms with Crippen molar-refractivity contribution in [2.24, 2.45) is 5.92 Å². The summed E-state index contributed by atoms with van der Waals surface area (Å²) in [6, 6.07) is 16.0. The minimum absolute atomic E-state index is 0.0669. The van der Waals surface area contributed by atoms with Gasteiger partial charge in [0.1, 0.15) is 5.75 Å². The number of imidazole rings is 1. The highest BCUT2D eigenvalue weighted by Gasteiger charge is 2.22. The molecule has 1 fully saturated rings. The van der Waals surface area contributed by atoms with Gasteiger partial charge in [0.05, 0.1) is 23.4 Å². The van der Waals surface area contributed by atoms with Gasteiger partial charge in [0.25, 0.3) is 0 Å². The van der Waals surface area contributed by atoms with Crippen molar-refractivity contribution in [1.29, 1.82) is 0 Å². The van der Waals surface area contributed by atoms with Gasteiger partial charge in [-0.2, -0.15) is 0 Å². The van der Waals surface area contributed by atoms with Crippen molar-refractivity contribution in [2.45, 2.75) is 24.9 Å². The number of nitrogens with one attached hydrogen (secondary N) is 1. The number of hydrogen-bond donors (Lipinski definition) is 1. The molecule has 5 nitrogen and oxygen atoms in total. The monoisotopic (exact) mass is 381 g/mol. The van der Waals surface area contributed by atoms with Crippen molar-refractivity contribution in [1.82, 2.24) is 14.9 Å². The van der Waals surface area contributed by atoms with Crippen LogP contribution in [-0.2, 0) is 4.79 Å². The van der Waals surface area contributed by atoms with Crippen LogP contribution in [0, 0.1) is 5.92 Å². The van der Waals surface area contributed by atoms with Crippen LogP contribution in [0.4, 0.5) is 0 Å². The fourth-order valence-electron chi connectivity index (χ4n) is 2.97. The summed E-state index contributed by atoms with van der Waals surface area (Å²) in [6.45, 7) is 3.42. The van der Waals surface area contributed by atoms with E-state index in [4.69, 9.17) is 9.72 Å². The fraction of sp³-hybridized carbons (Fsp3) is 0.333. The van der Waals surface area contributed by atoms with Crippen molar-refractivity contribution < 1.29 is 9.53 Å². The minimum atomic E-state index is 0.0669. The first-order valence-corrected chi connectivity index (χ1v) is 10.3. The molecule has 0 bridgehead atoms. The first-order chi connectivity index (χ1) is 13.2. The van der Waals surface area contributed by atoms with E-state index in [1.54, 1.807) is 0 Å². The van der Waals surface area contributed by atoms with Gasteiger partial charge < -0.3 is 10.1 Å². The third kappa shape index (κ3) is 4.27. The van der Waals surface area contributed by atoms with E-state index >= 15 is 0 Å². The van der Waals surface area contributed by atoms with Crippen molar-refractivity contribution >= 4 is 28.7 Å². The summed E-state index contributed by atoms with van der Waals surface area (Å²) in [4.78, 5) is 16.9. The molecule has 1 saturated carbocycles. The zero-order chi connectivity index (χ0) is 18.6. The molecule has 0 spiro atoms. The Kier molecular flexibility index (Phi) is 5.34. The molecule has 0 unspecified atom stereocenters. The second kappa shape index (κ2) is 8.05. The lowest BCUT2D eigenvalue weighted by Crippen LogP contribution is -2.27. The molecule has 1 N–H and O–H groups in total. The van der Waals surface area contributed by atoms with Gasteiger partial charge in [-0.05, 0) is 62.1 Å². The van der Waals surface area contributed by atoms with E-state index in [0.717, 1.165) is 34.2 Å². The SMILES string of the molecule is CCOc1ccc(-n2c(SCC(=O)NCC3CC3)nc3ccccc32)cc1. The average molecular weight is 382 g/mol. The number of thioether (sulfide) groups is 1. The van der Waals surface area contributed by atoms with Crippen LogP contribution >= 0.6 is 11.8 Å². The number of aromatic nitrogens is 2. The molecule has 0 atom stereocenters. The molecule has 0 saturated heterocycles. The van der Waals surface area contributed by atoms with Gasteiger partial charge in [0.2, 0.25) is 5.91 Å². The largest absolute Gasteiger partial charge is 0.494 e. The number of carbonyl (C=O) groups excluding carboxylic acids is 1. The molecule has 4 rings (SSSR count). The molecule has 0 aliphatic heterocycles. The molecule has 1 amide bonds. The Hall–Kier alpha value is -2.47. The van der Waals surface area contributed by atoms with Crippen LogP contribution in [0.1, 0.15) is 19.8 Å². The van der Waals surface area contributed by atoms with Crippen LogP contribution in [0.2, 0.25) is 0 Å². The lowest BCUT2D eigenvalue weighted by Gasteiger charge is -2.10. The average Bonchev–Trinajstić information content (AvgIpc) is 3.45. The third-order valence-corrected chi connectivity index (χ3v) is 5.49. The third-order valence-electron chi connectivity index (χ3n) is 4.55. The molecular weight excluding hydrogens is 358 g/mol. The van der Waals surface area contributed by atoms with Gasteiger partial charge in [-0.3, -0.25) is 9.36 Å². The molecule has 1 aromatic heterocycles. The fourth-order valence-corrected chi connectivity index (χ4v) is 3.83. The highest BCUT2D eigenvalue weighted by molar-refractivity contribution is 7.99. The topological polar surface area (TPSA) is 56.1 Å². The maximum atomic E-state index is 12.1. The molecule has 27 heavy (non-hydrogen) atoms. The summed E-state index contributed by atoms with van der Waals surface area (Å²) < 4.78 is 7.64. The first-order valence-electron chi connectivity index (χ1n) is 9.35. The number of benzene rings is 2. The highest BCUT2D eigenvalue weighted by atomic mass is 32.2. The molecule has 0 radical (unpaired) electrons. The summed E-state index contributed by atoms with van der Waals surface area (Å²) >= 11 is 1.47. The number of nitrogens with zero attached hydrogens (tertiary/aromatic N) is 2. The smallest absolute Gasteiger partial charge is 0.230 e. The van der Waals surface area contributed by atoms with Crippen LogP contribution in [0.15, 0.2) is 53.7 Å². The van der Waals surface area contributed by atoms with E-state index in [1.165, 1.54) is 24.6 Å². The normalized spacial score (nSPS) is 13.7. The Morgan fingerprint density at radius 3 is 2.74 bits per heavy atom. The number of para-hydroxylation sites is 2. The van der Waals surface area contributed by atoms with Crippen LogP contribution in [0.3, 0.4) is 0 Å². The molecule has 6 heteroatoms. The minimum Gasteiger partial charge on any atom is -0.494 e. The number of ether oxygens (including phenoxy) is 1. The second-order valence-electron chi connectivity index (χ2n) is 6.68. The Morgan fingerprint density at radius 2 is 2.00 bits per heavy atom. The van der Waals surface area contributed by atoms with Gasteiger partial charge in [0, 0.05) is 12.2 Å². The molecule has 140 valence electrons. The number of carbonyl (C=O) groups is 1. The summed E-state index contributed by atoms with van der Waals surface area (Å²) in [5.74, 6) is 1.97. The predicted octanol–water partition coefficient (Wildman–Crippen LogP) is 4.04. The number of hydrogen-bond acceptors (Lipinski definition) is 4. The van der Waals surface area contributed by atoms with Gasteiger partial charge in [-0.15, -0.1) is 0 Å². The van der Waals surface area contributed by atoms with E-state index in [2.05, 4.69) is 16.0 Å². The quantitative estimate of drug-likeness (QED) is 0.598. The highest BCUT2D eigenvalue weighted by Crippen LogP contribution is 2.29. The van der Waals surface area contributed by atoms with E-state index < -0.39 is 0 Å². The molecule has 1 aliphatic rings. The van der Waals surface area contributed by atoms with Crippen LogP contribution in [0.5, 0.6) is 5.75 Å². The van der Waals surface area contributed by atoms with Gasteiger partial charge in [-0.1, -0.05) is 23.9 Å². The maximum absolute atomic E-state index is 12.1. The molecule has 1 aliphatic carbocycles. The molecule has 3 aromatic rings. The second-order valence-corrected chi connectivity index (χ2v) is 7.62. The molecule has 1 heterocycles. The van der Waals surface area contributed by atoms with Gasteiger partial charge in [0.15, 0.2) is 5.16 Å². The predicted molar refractivity (Wildman–Crippen MR) is 109 cm³/mol. The Bertz CT molecular complexity index is 932. The summed E-state index contributed by atoms with van der Waals surface area (Å²) in [6.07, 6.45) is 2.47. The maximum Gasteiger partial charge on any atom is 0.230 e. The van der Waals surface area contributed by atoms with Crippen molar-refractivity contribution in [3.05, 3.63) is 48.5 Å². The standard InChI is InChI=1S/C21H23N3O2S/c1-2-26-17-11-9-16(10-12-17)24-19-6-4-3-5-18(19)23-21(24)27-14-20(25)22-13-15-7-8-15/h3-6,9-12,15H,2,7-8,13-14H2,1H3,(H,22,25). The van der Waals surface area contributed by atoms with Crippen molar-refractivity contribution in [3.8, 4) is 11.4 Å². The number of fused-ring (bicyclic) bond motifs is 1. The van der Waals surface area contributed by atoms with Gasteiger partial charge in [-0.25, -0.2) is 4.98 Å². The first kappa shape index (κ1) is 17.9. The Balaban J connectivity index is 1.57. The van der Waals surface area contributed by atoms with Crippen molar-refractivity contribution in [2.75, 3.05) is 18.9 Å². The van der Waals surface area contributed by atoms with Crippen LogP contribution in [-0.4, -0.2) is 34.4 Å². The number of amides is 1. The zero-order valence-corrected chi connectivity index (χ0v) is 16.2. The van der Waals surface area contributed by atoms with E-state index in [1.807, 2.05) is 49.4 Å². The zero-order valence-electron chi connectivity index (χ0n) is 15.4.